The van der Waals surface area contributed by atoms with Gasteiger partial charge in [0.25, 0.3) is 0 Å². The molecule has 150 valence electrons. The molecular formula is C22H32N6. The Hall–Kier alpha value is -2.60. The topological polar surface area (TPSA) is 55.8 Å². The van der Waals surface area contributed by atoms with Crippen LogP contribution < -0.4 is 15.5 Å². The van der Waals surface area contributed by atoms with E-state index >= 15 is 0 Å². The zero-order valence-corrected chi connectivity index (χ0v) is 17.3. The summed E-state index contributed by atoms with van der Waals surface area (Å²) in [5, 5.41) is 6.77. The number of hydrogen-bond acceptors (Lipinski definition) is 4. The van der Waals surface area contributed by atoms with Crippen LogP contribution in [0.25, 0.3) is 0 Å². The molecule has 0 spiro atoms. The van der Waals surface area contributed by atoms with Gasteiger partial charge in [-0.3, -0.25) is 0 Å². The maximum absolute atomic E-state index is 4.72. The Kier molecular flexibility index (Phi) is 7.25. The number of aryl methyl sites for hydroxylation is 1. The van der Waals surface area contributed by atoms with Gasteiger partial charge < -0.3 is 20.4 Å². The molecule has 6 nitrogen and oxygen atoms in total. The third-order valence-electron chi connectivity index (χ3n) is 4.94. The number of benzene rings is 1. The minimum atomic E-state index is 0.667. The van der Waals surface area contributed by atoms with Crippen molar-refractivity contribution in [1.29, 1.82) is 0 Å². The van der Waals surface area contributed by atoms with Gasteiger partial charge in [0.1, 0.15) is 5.82 Å². The molecule has 0 bridgehead atoms. The first kappa shape index (κ1) is 20.1. The summed E-state index contributed by atoms with van der Waals surface area (Å²) in [5.41, 5.74) is 3.70. The fraction of sp³-hybridized carbons (Fsp3) is 0.455. The van der Waals surface area contributed by atoms with Gasteiger partial charge in [-0.15, -0.1) is 0 Å². The summed E-state index contributed by atoms with van der Waals surface area (Å²) in [4.78, 5) is 14.0. The van der Waals surface area contributed by atoms with E-state index in [0.717, 1.165) is 51.0 Å². The molecule has 0 aliphatic carbocycles. The summed E-state index contributed by atoms with van der Waals surface area (Å²) in [7, 11) is 2.17. The van der Waals surface area contributed by atoms with Gasteiger partial charge in [-0.2, -0.15) is 0 Å². The second-order valence-electron chi connectivity index (χ2n) is 7.35. The van der Waals surface area contributed by atoms with Crippen LogP contribution in [0.5, 0.6) is 0 Å². The van der Waals surface area contributed by atoms with Crippen LogP contribution in [0.3, 0.4) is 0 Å². The molecule has 28 heavy (non-hydrogen) atoms. The fourth-order valence-corrected chi connectivity index (χ4v) is 3.29. The molecule has 1 fully saturated rings. The van der Waals surface area contributed by atoms with Crippen LogP contribution in [0, 0.1) is 6.92 Å². The zero-order chi connectivity index (χ0) is 19.8. The number of guanidine groups is 1. The Bertz CT molecular complexity index is 780. The van der Waals surface area contributed by atoms with Gasteiger partial charge >= 0.3 is 0 Å². The van der Waals surface area contributed by atoms with Crippen molar-refractivity contribution in [1.82, 2.24) is 20.5 Å². The van der Waals surface area contributed by atoms with Crippen LogP contribution in [-0.4, -0.2) is 55.6 Å². The van der Waals surface area contributed by atoms with E-state index in [9.17, 15) is 0 Å². The molecule has 2 aromatic rings. The molecule has 0 radical (unpaired) electrons. The molecule has 1 saturated heterocycles. The summed E-state index contributed by atoms with van der Waals surface area (Å²) in [6.45, 7) is 10.6. The van der Waals surface area contributed by atoms with Gasteiger partial charge in [-0.1, -0.05) is 29.8 Å². The Labute approximate surface area is 168 Å². The van der Waals surface area contributed by atoms with E-state index in [4.69, 9.17) is 4.99 Å². The first-order chi connectivity index (χ1) is 13.6. The van der Waals surface area contributed by atoms with Crippen LogP contribution >= 0.6 is 0 Å². The third-order valence-corrected chi connectivity index (χ3v) is 4.94. The Morgan fingerprint density at radius 3 is 2.64 bits per heavy atom. The lowest BCUT2D eigenvalue weighted by Crippen LogP contribution is -2.44. The maximum atomic E-state index is 4.72. The van der Waals surface area contributed by atoms with Crippen molar-refractivity contribution in [3.05, 3.63) is 59.3 Å². The highest BCUT2D eigenvalue weighted by Gasteiger charge is 2.15. The summed E-state index contributed by atoms with van der Waals surface area (Å²) >= 11 is 0. The maximum Gasteiger partial charge on any atom is 0.191 e. The lowest BCUT2D eigenvalue weighted by molar-refractivity contribution is 0.312. The number of piperazine rings is 1. The minimum absolute atomic E-state index is 0.667. The van der Waals surface area contributed by atoms with E-state index in [-0.39, 0.29) is 0 Å². The van der Waals surface area contributed by atoms with Gasteiger partial charge in [0.2, 0.25) is 0 Å². The number of rotatable bonds is 6. The van der Waals surface area contributed by atoms with Crippen molar-refractivity contribution in [3.63, 3.8) is 0 Å². The number of aliphatic imine (C=N–C) groups is 1. The van der Waals surface area contributed by atoms with Gasteiger partial charge in [0.15, 0.2) is 5.96 Å². The SMILES string of the molecule is CCNC(=NCc1cccc(C)c1)NCc1ccnc(N2CCN(C)CC2)c1. The van der Waals surface area contributed by atoms with E-state index in [2.05, 4.69) is 82.7 Å². The molecule has 3 rings (SSSR count). The predicted octanol–water partition coefficient (Wildman–Crippen LogP) is 2.40. The molecular weight excluding hydrogens is 348 g/mol. The van der Waals surface area contributed by atoms with Crippen molar-refractivity contribution in [2.24, 2.45) is 4.99 Å². The summed E-state index contributed by atoms with van der Waals surface area (Å²) < 4.78 is 0. The summed E-state index contributed by atoms with van der Waals surface area (Å²) in [6, 6.07) is 12.7. The van der Waals surface area contributed by atoms with Crippen LogP contribution in [-0.2, 0) is 13.1 Å². The van der Waals surface area contributed by atoms with Crippen molar-refractivity contribution in [3.8, 4) is 0 Å². The van der Waals surface area contributed by atoms with Crippen molar-refractivity contribution >= 4 is 11.8 Å². The molecule has 0 saturated carbocycles. The van der Waals surface area contributed by atoms with Crippen molar-refractivity contribution in [2.75, 3.05) is 44.7 Å². The number of nitrogens with zero attached hydrogens (tertiary/aromatic N) is 4. The zero-order valence-electron chi connectivity index (χ0n) is 17.3. The standard InChI is InChI=1S/C22H32N6/c1-4-23-22(25-16-19-7-5-6-18(2)14-19)26-17-20-8-9-24-21(15-20)28-12-10-27(3)11-13-28/h5-9,14-15H,4,10-13,16-17H2,1-3H3,(H2,23,25,26). The quantitative estimate of drug-likeness (QED) is 0.595. The van der Waals surface area contributed by atoms with Gasteiger partial charge in [0.05, 0.1) is 6.54 Å². The highest BCUT2D eigenvalue weighted by molar-refractivity contribution is 5.79. The fourth-order valence-electron chi connectivity index (χ4n) is 3.29. The molecule has 1 aromatic carbocycles. The summed E-state index contributed by atoms with van der Waals surface area (Å²) in [5.74, 6) is 1.90. The molecule has 0 unspecified atom stereocenters. The van der Waals surface area contributed by atoms with Crippen molar-refractivity contribution in [2.45, 2.75) is 26.9 Å². The van der Waals surface area contributed by atoms with E-state index in [1.54, 1.807) is 0 Å². The molecule has 2 N–H and O–H groups in total. The number of anilines is 1. The van der Waals surface area contributed by atoms with Crippen LogP contribution in [0.15, 0.2) is 47.6 Å². The average Bonchev–Trinajstić information content (AvgIpc) is 2.71. The monoisotopic (exact) mass is 380 g/mol. The lowest BCUT2D eigenvalue weighted by atomic mass is 10.1. The molecule has 6 heteroatoms. The molecule has 1 aliphatic rings. The normalized spacial score (nSPS) is 15.5. The van der Waals surface area contributed by atoms with Crippen LogP contribution in [0.2, 0.25) is 0 Å². The second kappa shape index (κ2) is 10.1. The molecule has 0 amide bonds. The second-order valence-corrected chi connectivity index (χ2v) is 7.35. The minimum Gasteiger partial charge on any atom is -0.357 e. The van der Waals surface area contributed by atoms with E-state index < -0.39 is 0 Å². The number of pyridine rings is 1. The first-order valence-corrected chi connectivity index (χ1v) is 10.1. The number of likely N-dealkylation sites (N-methyl/N-ethyl adjacent to an activating group) is 1. The predicted molar refractivity (Wildman–Crippen MR) is 117 cm³/mol. The van der Waals surface area contributed by atoms with Crippen LogP contribution in [0.4, 0.5) is 5.82 Å². The molecule has 1 aromatic heterocycles. The highest BCUT2D eigenvalue weighted by Crippen LogP contribution is 2.14. The largest absolute Gasteiger partial charge is 0.357 e. The van der Waals surface area contributed by atoms with E-state index in [1.165, 1.54) is 16.7 Å². The molecule has 2 heterocycles. The number of aromatic nitrogens is 1. The molecule has 0 atom stereocenters. The Morgan fingerprint density at radius 1 is 1.07 bits per heavy atom. The number of nitrogens with one attached hydrogen (secondary N) is 2. The van der Waals surface area contributed by atoms with E-state index in [0.29, 0.717) is 6.54 Å². The van der Waals surface area contributed by atoms with Gasteiger partial charge in [-0.25, -0.2) is 9.98 Å². The highest BCUT2D eigenvalue weighted by atomic mass is 15.3. The average molecular weight is 381 g/mol. The third kappa shape index (κ3) is 5.96. The van der Waals surface area contributed by atoms with E-state index in [1.807, 2.05) is 6.20 Å². The number of hydrogen-bond donors (Lipinski definition) is 2. The summed E-state index contributed by atoms with van der Waals surface area (Å²) in [6.07, 6.45) is 1.90. The smallest absolute Gasteiger partial charge is 0.191 e. The Morgan fingerprint density at radius 2 is 1.89 bits per heavy atom. The van der Waals surface area contributed by atoms with Gasteiger partial charge in [-0.05, 0) is 44.2 Å². The van der Waals surface area contributed by atoms with Crippen LogP contribution in [0.1, 0.15) is 23.6 Å². The lowest BCUT2D eigenvalue weighted by Gasteiger charge is -2.33. The first-order valence-electron chi connectivity index (χ1n) is 10.1. The molecule has 1 aliphatic heterocycles. The Balaban J connectivity index is 1.60. The van der Waals surface area contributed by atoms with Crippen molar-refractivity contribution < 1.29 is 0 Å². The van der Waals surface area contributed by atoms with Gasteiger partial charge in [0, 0.05) is 45.5 Å².